The third-order valence-corrected chi connectivity index (χ3v) is 5.52. The van der Waals surface area contributed by atoms with Gasteiger partial charge >= 0.3 is 59.1 Å². The first-order valence-corrected chi connectivity index (χ1v) is 11.9. The third-order valence-electron chi connectivity index (χ3n) is 4.72. The molecule has 0 aliphatic carbocycles. The summed E-state index contributed by atoms with van der Waals surface area (Å²) in [6, 6.07) is 0. The van der Waals surface area contributed by atoms with Crippen molar-refractivity contribution in [2.75, 3.05) is 5.75 Å². The molecule has 0 unspecified atom stereocenters. The van der Waals surface area contributed by atoms with Gasteiger partial charge in [0.15, 0.2) is 0 Å². The van der Waals surface area contributed by atoms with E-state index in [1.54, 1.807) is 0 Å². The predicted molar refractivity (Wildman–Crippen MR) is 104 cm³/mol. The second-order valence-electron chi connectivity index (χ2n) is 7.21. The molecule has 0 aliphatic rings. The number of hydrogen-bond acceptors (Lipinski definition) is 6. The van der Waals surface area contributed by atoms with E-state index in [0.717, 1.165) is 25.7 Å². The Labute approximate surface area is 225 Å². The molecule has 1 N–H and O–H groups in total. The average molecular weight is 465 g/mol. The summed E-state index contributed by atoms with van der Waals surface area (Å²) < 4.78 is 30.0. The van der Waals surface area contributed by atoms with E-state index >= 15 is 0 Å². The maximum absolute atomic E-state index is 11.3. The number of carbonyl (C=O) groups excluding carboxylic acids is 2. The number of rotatable bonds is 18. The quantitative estimate of drug-likeness (QED) is 0.0950. The Morgan fingerprint density at radius 3 is 1.33 bits per heavy atom. The third kappa shape index (κ3) is 20.5. The van der Waals surface area contributed by atoms with Gasteiger partial charge in [-0.3, -0.25) is 4.55 Å². The minimum atomic E-state index is -4.12. The number of carbonyl (C=O) groups is 2. The van der Waals surface area contributed by atoms with Crippen LogP contribution in [-0.4, -0.2) is 30.7 Å². The fourth-order valence-electron chi connectivity index (χ4n) is 3.13. The van der Waals surface area contributed by atoms with Crippen LogP contribution in [0.25, 0.3) is 0 Å². The molecule has 0 aliphatic heterocycles. The van der Waals surface area contributed by atoms with Gasteiger partial charge in [-0.15, -0.1) is 0 Å². The van der Waals surface area contributed by atoms with Gasteiger partial charge in [0.2, 0.25) is 0 Å². The van der Waals surface area contributed by atoms with Crippen molar-refractivity contribution in [2.24, 2.45) is 0 Å². The van der Waals surface area contributed by atoms with Crippen molar-refractivity contribution in [3.63, 3.8) is 0 Å². The first kappa shape index (κ1) is 35.2. The van der Waals surface area contributed by atoms with Gasteiger partial charge in [0.25, 0.3) is 10.1 Å². The van der Waals surface area contributed by atoms with Crippen molar-refractivity contribution in [1.82, 2.24) is 0 Å². The molecule has 164 valence electrons. The summed E-state index contributed by atoms with van der Waals surface area (Å²) in [5.74, 6) is -3.59. The Morgan fingerprint density at radius 1 is 0.667 bits per heavy atom. The number of hydrogen-bond donors (Lipinski definition) is 1. The van der Waals surface area contributed by atoms with E-state index in [-0.39, 0.29) is 95.9 Å². The molecule has 0 rings (SSSR count). The van der Waals surface area contributed by atoms with Gasteiger partial charge in [-0.05, 0) is 43.3 Å². The van der Waals surface area contributed by atoms with Crippen LogP contribution in [0.4, 0.5) is 0 Å². The molecule has 7 nitrogen and oxygen atoms in total. The largest absolute Gasteiger partial charge is 1.00 e. The molecule has 0 atom stereocenters. The van der Waals surface area contributed by atoms with Crippen LogP contribution in [0, 0.1) is 0 Å². The molecule has 0 amide bonds. The topological polar surface area (TPSA) is 135 Å². The number of carboxylic acids is 2. The fraction of sp³-hybridized carbons (Fsp3) is 0.800. The van der Waals surface area contributed by atoms with E-state index in [1.165, 1.54) is 32.1 Å². The zero-order chi connectivity index (χ0) is 21.4. The summed E-state index contributed by atoms with van der Waals surface area (Å²) in [5, 5.41) is 22.6. The summed E-state index contributed by atoms with van der Waals surface area (Å²) in [4.78, 5) is 22.6. The van der Waals surface area contributed by atoms with Crippen molar-refractivity contribution in [1.29, 1.82) is 0 Å². The number of carboxylic acid groups (broad SMARTS) is 2. The Hall–Kier alpha value is 0.590. The van der Waals surface area contributed by atoms with Crippen LogP contribution < -0.4 is 69.3 Å². The van der Waals surface area contributed by atoms with Crippen molar-refractivity contribution >= 4 is 22.1 Å². The summed E-state index contributed by atoms with van der Waals surface area (Å²) >= 11 is 0. The molecule has 0 aromatic carbocycles. The molecule has 0 bridgehead atoms. The molecule has 0 aromatic rings. The fourth-order valence-corrected chi connectivity index (χ4v) is 3.70. The first-order valence-electron chi connectivity index (χ1n) is 10.3. The van der Waals surface area contributed by atoms with Gasteiger partial charge in [0, 0.05) is 0 Å². The van der Waals surface area contributed by atoms with E-state index in [9.17, 15) is 28.2 Å². The first-order chi connectivity index (χ1) is 13.2. The predicted octanol–water partition coefficient (Wildman–Crippen LogP) is -3.84. The zero-order valence-corrected chi connectivity index (χ0v) is 23.7. The van der Waals surface area contributed by atoms with Crippen LogP contribution in [-0.2, 0) is 19.7 Å². The Balaban J connectivity index is -0.00000364. The monoisotopic (exact) mass is 464 g/mol. The SMILES string of the molecule is CCCCCCCCCCCCC(C(=O)[O-])=C(CCCCS(=O)(=O)O)C(=O)[O-].[Na+].[Na+]. The second kappa shape index (κ2) is 21.4. The Bertz CT molecular complexity index is 604. The molecule has 10 heteroatoms. The van der Waals surface area contributed by atoms with Gasteiger partial charge in [-0.25, -0.2) is 0 Å². The van der Waals surface area contributed by atoms with E-state index in [4.69, 9.17) is 4.55 Å². The average Bonchev–Trinajstić information content (AvgIpc) is 2.59. The number of unbranched alkanes of at least 4 members (excludes halogenated alkanes) is 10. The van der Waals surface area contributed by atoms with Crippen LogP contribution >= 0.6 is 0 Å². The van der Waals surface area contributed by atoms with Crippen molar-refractivity contribution in [3.8, 4) is 0 Å². The number of aliphatic carboxylic acids is 2. The molecule has 0 saturated heterocycles. The van der Waals surface area contributed by atoms with Crippen molar-refractivity contribution < 1.29 is 91.9 Å². The minimum absolute atomic E-state index is 0. The molecule has 30 heavy (non-hydrogen) atoms. The molecule has 0 saturated carbocycles. The van der Waals surface area contributed by atoms with E-state index < -0.39 is 27.8 Å². The minimum Gasteiger partial charge on any atom is -0.545 e. The summed E-state index contributed by atoms with van der Waals surface area (Å²) in [7, 11) is -4.12. The van der Waals surface area contributed by atoms with Crippen molar-refractivity contribution in [3.05, 3.63) is 11.1 Å². The van der Waals surface area contributed by atoms with E-state index in [2.05, 4.69) is 6.92 Å². The molecular formula is C20H34Na2O7S. The maximum atomic E-state index is 11.3. The van der Waals surface area contributed by atoms with Gasteiger partial charge in [-0.1, -0.05) is 64.7 Å². The Kier molecular flexibility index (Phi) is 25.1. The van der Waals surface area contributed by atoms with E-state index in [1.807, 2.05) is 0 Å². The van der Waals surface area contributed by atoms with Crippen LogP contribution in [0.2, 0.25) is 0 Å². The van der Waals surface area contributed by atoms with Crippen LogP contribution in [0.1, 0.15) is 96.8 Å². The standard InChI is InChI=1S/C20H36O7S.2Na/c1-2-3-4-5-6-7-8-9-10-11-14-17(19(21)22)18(20(23)24)15-12-13-16-28(25,26)27;;/h2-16H2,1H3,(H,21,22)(H,23,24)(H,25,26,27);;/q;2*+1/p-2. The molecule has 0 spiro atoms. The van der Waals surface area contributed by atoms with Gasteiger partial charge in [0.05, 0.1) is 17.7 Å². The Morgan fingerprint density at radius 2 is 1.00 bits per heavy atom. The summed E-state index contributed by atoms with van der Waals surface area (Å²) in [5.41, 5.74) is -0.613. The summed E-state index contributed by atoms with van der Waals surface area (Å²) in [6.45, 7) is 2.18. The molecule has 0 heterocycles. The smallest absolute Gasteiger partial charge is 0.545 e. The zero-order valence-electron chi connectivity index (χ0n) is 18.9. The van der Waals surface area contributed by atoms with Crippen LogP contribution in [0.5, 0.6) is 0 Å². The van der Waals surface area contributed by atoms with Gasteiger partial charge in [-0.2, -0.15) is 8.42 Å². The van der Waals surface area contributed by atoms with Gasteiger partial charge in [0.1, 0.15) is 0 Å². The summed E-state index contributed by atoms with van der Waals surface area (Å²) in [6.07, 6.45) is 10.9. The van der Waals surface area contributed by atoms with Crippen LogP contribution in [0.3, 0.4) is 0 Å². The molecular weight excluding hydrogens is 430 g/mol. The maximum Gasteiger partial charge on any atom is 1.00 e. The van der Waals surface area contributed by atoms with Crippen molar-refractivity contribution in [2.45, 2.75) is 96.8 Å². The molecule has 0 fully saturated rings. The molecule has 0 aromatic heterocycles. The second-order valence-corrected chi connectivity index (χ2v) is 8.78. The van der Waals surface area contributed by atoms with E-state index in [0.29, 0.717) is 6.42 Å². The van der Waals surface area contributed by atoms with Crippen LogP contribution in [0.15, 0.2) is 11.1 Å². The molecule has 0 radical (unpaired) electrons. The normalized spacial score (nSPS) is 11.8. The van der Waals surface area contributed by atoms with Gasteiger partial charge < -0.3 is 19.8 Å².